The van der Waals surface area contributed by atoms with Crippen molar-refractivity contribution in [2.45, 2.75) is 29.7 Å². The first kappa shape index (κ1) is 24.5. The Morgan fingerprint density at radius 2 is 2.09 bits per heavy atom. The molecule has 23 heavy (non-hydrogen) atoms. The third-order valence-corrected chi connectivity index (χ3v) is 4.27. The van der Waals surface area contributed by atoms with Crippen molar-refractivity contribution in [3.63, 3.8) is 0 Å². The topological polar surface area (TPSA) is 148 Å². The molecule has 2 saturated heterocycles. The number of carbonyl (C=O) groups is 2. The fraction of sp³-hybridized carbons (Fsp3) is 0.778. The number of nitrogens with zero attached hydrogens (tertiary/aromatic N) is 1. The van der Waals surface area contributed by atoms with Gasteiger partial charge in [-0.2, -0.15) is 0 Å². The largest absolute Gasteiger partial charge is 1.00 e. The number of alkyl halides is 1. The van der Waals surface area contributed by atoms with E-state index in [1.54, 1.807) is 0 Å². The van der Waals surface area contributed by atoms with Gasteiger partial charge in [0.2, 0.25) is 5.91 Å². The van der Waals surface area contributed by atoms with Gasteiger partial charge in [0, 0.05) is 13.0 Å². The van der Waals surface area contributed by atoms with E-state index >= 15 is 0 Å². The van der Waals surface area contributed by atoms with Gasteiger partial charge in [-0.25, -0.2) is 4.79 Å². The molecule has 2 aliphatic heterocycles. The van der Waals surface area contributed by atoms with E-state index in [9.17, 15) is 24.2 Å². The number of phosphoric acid groups is 1. The Kier molecular flexibility index (Phi) is 10.6. The van der Waals surface area contributed by atoms with Crippen LogP contribution < -0.4 is 69.3 Å². The number of aliphatic hydroxyl groups excluding tert-OH is 1. The maximum Gasteiger partial charge on any atom is 1.00 e. The average Bonchev–Trinajstić information content (AvgIpc) is 2.72. The predicted molar refractivity (Wildman–Crippen MR) is 68.0 cm³/mol. The van der Waals surface area contributed by atoms with Gasteiger partial charge in [0.25, 0.3) is 7.82 Å². The van der Waals surface area contributed by atoms with Crippen LogP contribution in [-0.4, -0.2) is 63.3 Å². The first-order chi connectivity index (χ1) is 9.67. The van der Waals surface area contributed by atoms with Crippen molar-refractivity contribution in [2.24, 2.45) is 0 Å². The van der Waals surface area contributed by atoms with Crippen molar-refractivity contribution in [1.29, 1.82) is 0 Å². The third kappa shape index (κ3) is 6.93. The molecule has 0 radical (unpaired) electrons. The van der Waals surface area contributed by atoms with Crippen LogP contribution in [0.4, 0.5) is 4.79 Å². The molecule has 10 nitrogen and oxygen atoms in total. The molecule has 2 rings (SSSR count). The number of halogens is 1. The summed E-state index contributed by atoms with van der Waals surface area (Å²) in [4.78, 5) is 42.6. The van der Waals surface area contributed by atoms with E-state index in [0.717, 1.165) is 0 Å². The van der Waals surface area contributed by atoms with Gasteiger partial charge in [-0.05, 0) is 0 Å². The normalized spacial score (nSPS) is 33.3. The summed E-state index contributed by atoms with van der Waals surface area (Å²) in [6, 6.07) is -0.661. The Bertz CT molecular complexity index is 494. The molecule has 0 spiro atoms. The summed E-state index contributed by atoms with van der Waals surface area (Å²) in [5, 5.41) is 11.9. The SMILES string of the molecule is O=C1NC(=O)N(C2CC(O)C(COP(=O)([O-])O)O2)CC1Br.[Na+].[Na+]. The number of aliphatic hydroxyl groups is 1. The van der Waals surface area contributed by atoms with Crippen LogP contribution in [0.25, 0.3) is 0 Å². The van der Waals surface area contributed by atoms with Crippen molar-refractivity contribution in [1.82, 2.24) is 10.2 Å². The second-order valence-electron chi connectivity index (χ2n) is 4.61. The Labute approximate surface area is 184 Å². The van der Waals surface area contributed by atoms with Gasteiger partial charge < -0.3 is 24.2 Å². The second kappa shape index (κ2) is 9.96. The molecule has 5 unspecified atom stereocenters. The summed E-state index contributed by atoms with van der Waals surface area (Å²) < 4.78 is 20.0. The number of amides is 3. The number of imide groups is 1. The summed E-state index contributed by atoms with van der Waals surface area (Å²) >= 11 is 3.10. The van der Waals surface area contributed by atoms with Crippen LogP contribution in [0.2, 0.25) is 0 Å². The van der Waals surface area contributed by atoms with Gasteiger partial charge in [0.1, 0.15) is 17.2 Å². The number of urea groups is 1. The number of nitrogens with one attached hydrogen (secondary N) is 1. The number of rotatable bonds is 4. The van der Waals surface area contributed by atoms with Crippen LogP contribution in [0.3, 0.4) is 0 Å². The molecule has 120 valence electrons. The number of ether oxygens (including phenoxy) is 1. The third-order valence-electron chi connectivity index (χ3n) is 3.09. The molecular weight excluding hydrogens is 421 g/mol. The van der Waals surface area contributed by atoms with Crippen molar-refractivity contribution in [3.05, 3.63) is 0 Å². The zero-order valence-corrected chi connectivity index (χ0v) is 19.0. The Balaban J connectivity index is 0.00000242. The van der Waals surface area contributed by atoms with E-state index in [1.807, 2.05) is 0 Å². The number of hydrogen-bond acceptors (Lipinski definition) is 7. The van der Waals surface area contributed by atoms with E-state index in [2.05, 4.69) is 25.8 Å². The fourth-order valence-corrected chi connectivity index (χ4v) is 2.83. The molecule has 3 N–H and O–H groups in total. The van der Waals surface area contributed by atoms with Gasteiger partial charge in [-0.3, -0.25) is 19.6 Å². The monoisotopic (exact) mass is 433 g/mol. The van der Waals surface area contributed by atoms with Gasteiger partial charge >= 0.3 is 65.1 Å². The summed E-state index contributed by atoms with van der Waals surface area (Å²) in [5.41, 5.74) is 0. The zero-order chi connectivity index (χ0) is 15.8. The van der Waals surface area contributed by atoms with Gasteiger partial charge in [-0.15, -0.1) is 0 Å². The minimum Gasteiger partial charge on any atom is -0.756 e. The Hall–Kier alpha value is 1.45. The van der Waals surface area contributed by atoms with Gasteiger partial charge in [-0.1, -0.05) is 15.9 Å². The number of hydrogen-bond donors (Lipinski definition) is 3. The molecule has 2 heterocycles. The predicted octanol–water partition coefficient (Wildman–Crippen LogP) is -7.74. The molecule has 0 aliphatic carbocycles. The number of phosphoric ester groups is 1. The van der Waals surface area contributed by atoms with Crippen LogP contribution in [0.5, 0.6) is 0 Å². The van der Waals surface area contributed by atoms with Crippen LogP contribution >= 0.6 is 23.8 Å². The molecule has 0 aromatic rings. The first-order valence-corrected chi connectivity index (χ1v) is 8.36. The standard InChI is InChI=1S/C9H14BrN2O8P.2Na/c10-4-2-12(9(15)11-8(4)14)7-1-5(13)6(20-7)3-19-21(16,17)18;;/h4-7,13H,1-3H2,(H,11,14,15)(H2,16,17,18);;/q;2*+1/p-1. The van der Waals surface area contributed by atoms with E-state index in [-0.39, 0.29) is 72.1 Å². The maximum absolute atomic E-state index is 11.7. The van der Waals surface area contributed by atoms with Crippen LogP contribution in [0.15, 0.2) is 0 Å². The van der Waals surface area contributed by atoms with Gasteiger partial charge in [0.05, 0.1) is 12.7 Å². The molecule has 0 bridgehead atoms. The second-order valence-corrected chi connectivity index (χ2v) is 6.91. The van der Waals surface area contributed by atoms with Crippen molar-refractivity contribution in [2.75, 3.05) is 13.2 Å². The molecular formula is C9H13BrN2Na2O8P+. The average molecular weight is 434 g/mol. The van der Waals surface area contributed by atoms with Crippen LogP contribution in [0, 0.1) is 0 Å². The molecule has 2 aliphatic rings. The van der Waals surface area contributed by atoms with Crippen LogP contribution in [-0.2, 0) is 18.6 Å². The fourth-order valence-electron chi connectivity index (χ4n) is 2.07. The van der Waals surface area contributed by atoms with Crippen molar-refractivity contribution in [3.8, 4) is 0 Å². The van der Waals surface area contributed by atoms with E-state index in [1.165, 1.54) is 4.90 Å². The summed E-state index contributed by atoms with van der Waals surface area (Å²) in [6.07, 6.45) is -2.87. The molecule has 5 atom stereocenters. The van der Waals surface area contributed by atoms with Gasteiger partial charge in [0.15, 0.2) is 0 Å². The minimum absolute atomic E-state index is 0. The molecule has 3 amide bonds. The molecule has 2 fully saturated rings. The van der Waals surface area contributed by atoms with E-state index in [0.29, 0.717) is 0 Å². The molecule has 0 saturated carbocycles. The Morgan fingerprint density at radius 3 is 2.65 bits per heavy atom. The maximum atomic E-state index is 11.7. The quantitative estimate of drug-likeness (QED) is 0.225. The first-order valence-electron chi connectivity index (χ1n) is 5.95. The van der Waals surface area contributed by atoms with E-state index in [4.69, 9.17) is 9.63 Å². The summed E-state index contributed by atoms with van der Waals surface area (Å²) in [6.45, 7) is -0.517. The zero-order valence-electron chi connectivity index (χ0n) is 12.5. The van der Waals surface area contributed by atoms with Crippen molar-refractivity contribution >= 4 is 35.7 Å². The summed E-state index contributed by atoms with van der Waals surface area (Å²) in [5.74, 6) is -0.470. The molecule has 0 aromatic carbocycles. The van der Waals surface area contributed by atoms with Crippen LogP contribution in [0.1, 0.15) is 6.42 Å². The van der Waals surface area contributed by atoms with Crippen molar-refractivity contribution < 1.29 is 97.4 Å². The minimum atomic E-state index is -4.91. The number of carbonyl (C=O) groups excluding carboxylic acids is 2. The summed E-state index contributed by atoms with van der Waals surface area (Å²) in [7, 11) is -4.91. The molecule has 14 heteroatoms. The molecule has 0 aromatic heterocycles. The Morgan fingerprint density at radius 1 is 1.48 bits per heavy atom. The van der Waals surface area contributed by atoms with E-state index < -0.39 is 49.6 Å². The smallest absolute Gasteiger partial charge is 0.756 e.